The topological polar surface area (TPSA) is 29.9 Å². The van der Waals surface area contributed by atoms with Crippen molar-refractivity contribution in [1.29, 1.82) is 0 Å². The monoisotopic (exact) mass is 255 g/mol. The van der Waals surface area contributed by atoms with E-state index in [0.29, 0.717) is 5.69 Å². The number of hydrogen-bond acceptors (Lipinski definition) is 3. The third-order valence-corrected chi connectivity index (χ3v) is 4.43. The van der Waals surface area contributed by atoms with Crippen LogP contribution in [0.15, 0.2) is 27.9 Å². The van der Waals surface area contributed by atoms with Crippen LogP contribution in [0.1, 0.15) is 5.69 Å². The minimum absolute atomic E-state index is 0.305. The fourth-order valence-electron chi connectivity index (χ4n) is 1.54. The molecule has 0 saturated carbocycles. The van der Waals surface area contributed by atoms with Crippen LogP contribution in [0.2, 0.25) is 0 Å². The first-order valence-corrected chi connectivity index (χ1v) is 6.83. The molecular formula is C11H12FN2S2+. The van der Waals surface area contributed by atoms with Gasteiger partial charge in [-0.05, 0) is 24.1 Å². The molecule has 5 heteroatoms. The minimum atomic E-state index is -0.305. The molecule has 2 rings (SSSR count). The van der Waals surface area contributed by atoms with Gasteiger partial charge >= 0.3 is 4.34 Å². The second kappa shape index (κ2) is 4.43. The highest BCUT2D eigenvalue weighted by Gasteiger charge is 2.21. The lowest BCUT2D eigenvalue weighted by Crippen LogP contribution is -2.34. The molecular weight excluding hydrogens is 243 g/mol. The summed E-state index contributed by atoms with van der Waals surface area (Å²) in [6, 6.07) is 4.49. The molecule has 2 nitrogen and oxygen atoms in total. The standard InChI is InChI=1S/C11H12FN2S2/c1-7-6-16-11(15-2)14(7)10-4-3-8(12)5-9(10)13/h3-6H,13H2,1-2H3/q+1. The Kier molecular flexibility index (Phi) is 3.16. The Morgan fingerprint density at radius 1 is 1.44 bits per heavy atom. The average molecular weight is 255 g/mol. The molecule has 16 heavy (non-hydrogen) atoms. The molecule has 0 amide bonds. The van der Waals surface area contributed by atoms with Gasteiger partial charge in [0.2, 0.25) is 5.69 Å². The SMILES string of the molecule is CSc1scc(C)[n+]1-c1ccc(F)cc1N. The van der Waals surface area contributed by atoms with Crippen molar-refractivity contribution in [2.24, 2.45) is 0 Å². The van der Waals surface area contributed by atoms with Crippen LogP contribution < -0.4 is 10.3 Å². The number of nitrogen functional groups attached to an aromatic ring is 1. The van der Waals surface area contributed by atoms with Gasteiger partial charge in [0.25, 0.3) is 0 Å². The van der Waals surface area contributed by atoms with E-state index in [2.05, 4.69) is 5.38 Å². The van der Waals surface area contributed by atoms with Gasteiger partial charge in [0.15, 0.2) is 5.69 Å². The van der Waals surface area contributed by atoms with Crippen molar-refractivity contribution in [2.75, 3.05) is 12.0 Å². The summed E-state index contributed by atoms with van der Waals surface area (Å²) < 4.78 is 16.2. The van der Waals surface area contributed by atoms with E-state index in [1.54, 1.807) is 29.2 Å². The van der Waals surface area contributed by atoms with E-state index in [1.807, 2.05) is 17.7 Å². The third-order valence-electron chi connectivity index (χ3n) is 2.27. The quantitative estimate of drug-likeness (QED) is 0.508. The fourth-order valence-corrected chi connectivity index (χ4v) is 3.22. The largest absolute Gasteiger partial charge is 0.393 e. The van der Waals surface area contributed by atoms with Crippen LogP contribution in [0.5, 0.6) is 0 Å². The summed E-state index contributed by atoms with van der Waals surface area (Å²) in [5.74, 6) is -0.305. The molecule has 0 atom stereocenters. The van der Waals surface area contributed by atoms with E-state index in [9.17, 15) is 4.39 Å². The van der Waals surface area contributed by atoms with Crippen molar-refractivity contribution in [3.63, 3.8) is 0 Å². The van der Waals surface area contributed by atoms with E-state index < -0.39 is 0 Å². The van der Waals surface area contributed by atoms with Crippen LogP contribution in [0, 0.1) is 12.7 Å². The van der Waals surface area contributed by atoms with Gasteiger partial charge in [-0.25, -0.2) is 4.39 Å². The third kappa shape index (κ3) is 1.92. The molecule has 1 heterocycles. The van der Waals surface area contributed by atoms with E-state index in [0.717, 1.165) is 15.7 Å². The number of nitrogens with zero attached hydrogens (tertiary/aromatic N) is 1. The molecule has 84 valence electrons. The Morgan fingerprint density at radius 3 is 2.81 bits per heavy atom. The van der Waals surface area contributed by atoms with Crippen LogP contribution in [0.3, 0.4) is 0 Å². The number of rotatable bonds is 2. The van der Waals surface area contributed by atoms with Crippen LogP contribution in [0.4, 0.5) is 10.1 Å². The zero-order valence-electron chi connectivity index (χ0n) is 9.03. The zero-order chi connectivity index (χ0) is 11.7. The van der Waals surface area contributed by atoms with Crippen molar-refractivity contribution in [3.8, 4) is 5.69 Å². The summed E-state index contributed by atoms with van der Waals surface area (Å²) in [6.07, 6.45) is 2.02. The van der Waals surface area contributed by atoms with Gasteiger partial charge in [0.1, 0.15) is 11.5 Å². The molecule has 0 radical (unpaired) electrons. The normalized spacial score (nSPS) is 10.7. The van der Waals surface area contributed by atoms with Gasteiger partial charge in [-0.3, -0.25) is 0 Å². The first kappa shape index (κ1) is 11.4. The Labute approximate surface area is 102 Å². The van der Waals surface area contributed by atoms with Crippen molar-refractivity contribution >= 4 is 28.8 Å². The molecule has 0 saturated heterocycles. The van der Waals surface area contributed by atoms with Gasteiger partial charge in [0.05, 0.1) is 5.38 Å². The highest BCUT2D eigenvalue weighted by Crippen LogP contribution is 2.23. The highest BCUT2D eigenvalue weighted by atomic mass is 32.2. The van der Waals surface area contributed by atoms with Crippen molar-refractivity contribution in [2.45, 2.75) is 11.3 Å². The maximum absolute atomic E-state index is 13.0. The van der Waals surface area contributed by atoms with E-state index in [-0.39, 0.29) is 5.82 Å². The van der Waals surface area contributed by atoms with Crippen LogP contribution in [-0.2, 0) is 0 Å². The second-order valence-electron chi connectivity index (χ2n) is 3.39. The molecule has 0 bridgehead atoms. The maximum atomic E-state index is 13.0. The molecule has 0 aliphatic rings. The predicted molar refractivity (Wildman–Crippen MR) is 66.7 cm³/mol. The summed E-state index contributed by atoms with van der Waals surface area (Å²) in [5, 5.41) is 2.06. The molecule has 2 N–H and O–H groups in total. The van der Waals surface area contributed by atoms with Gasteiger partial charge in [-0.1, -0.05) is 11.3 Å². The molecule has 2 aromatic rings. The smallest absolute Gasteiger partial charge is 0.303 e. The second-order valence-corrected chi connectivity index (χ2v) is 5.30. The number of thioether (sulfide) groups is 1. The number of hydrogen-bond donors (Lipinski definition) is 1. The number of halogens is 1. The molecule has 0 unspecified atom stereocenters. The lowest BCUT2D eigenvalue weighted by atomic mass is 10.2. The fraction of sp³-hybridized carbons (Fsp3) is 0.182. The number of anilines is 1. The lowest BCUT2D eigenvalue weighted by Gasteiger charge is -2.01. The van der Waals surface area contributed by atoms with Gasteiger partial charge in [-0.15, -0.1) is 4.57 Å². The molecule has 1 aromatic heterocycles. The molecule has 0 aliphatic heterocycles. The summed E-state index contributed by atoms with van der Waals surface area (Å²) in [5.41, 5.74) is 8.24. The minimum Gasteiger partial charge on any atom is -0.393 e. The number of benzene rings is 1. The number of aryl methyl sites for hydroxylation is 1. The Bertz CT molecular complexity index is 523. The van der Waals surface area contributed by atoms with Crippen molar-refractivity contribution in [3.05, 3.63) is 35.1 Å². The van der Waals surface area contributed by atoms with Gasteiger partial charge in [-0.2, -0.15) is 0 Å². The van der Waals surface area contributed by atoms with Gasteiger partial charge < -0.3 is 5.73 Å². The Balaban J connectivity index is 2.62. The van der Waals surface area contributed by atoms with Crippen LogP contribution >= 0.6 is 23.1 Å². The van der Waals surface area contributed by atoms with Crippen molar-refractivity contribution < 1.29 is 8.96 Å². The van der Waals surface area contributed by atoms with Crippen LogP contribution in [-0.4, -0.2) is 6.26 Å². The Hall–Kier alpha value is -1.07. The van der Waals surface area contributed by atoms with Crippen molar-refractivity contribution in [1.82, 2.24) is 0 Å². The first-order chi connectivity index (χ1) is 7.63. The maximum Gasteiger partial charge on any atom is 0.303 e. The predicted octanol–water partition coefficient (Wildman–Crippen LogP) is 2.78. The van der Waals surface area contributed by atoms with E-state index in [1.165, 1.54) is 12.1 Å². The molecule has 0 fully saturated rings. The number of thiazole rings is 1. The highest BCUT2D eigenvalue weighted by molar-refractivity contribution is 8.00. The summed E-state index contributed by atoms with van der Waals surface area (Å²) in [6.45, 7) is 2.01. The van der Waals surface area contributed by atoms with E-state index >= 15 is 0 Å². The number of nitrogens with two attached hydrogens (primary N) is 1. The molecule has 1 aromatic carbocycles. The van der Waals surface area contributed by atoms with Gasteiger partial charge in [0, 0.05) is 19.1 Å². The average Bonchev–Trinajstić information content (AvgIpc) is 2.60. The molecule has 0 aliphatic carbocycles. The lowest BCUT2D eigenvalue weighted by molar-refractivity contribution is -0.634. The van der Waals surface area contributed by atoms with E-state index in [4.69, 9.17) is 5.73 Å². The Morgan fingerprint density at radius 2 is 2.19 bits per heavy atom. The summed E-state index contributed by atoms with van der Waals surface area (Å²) in [7, 11) is 0. The zero-order valence-corrected chi connectivity index (χ0v) is 10.7. The first-order valence-electron chi connectivity index (χ1n) is 4.73. The summed E-state index contributed by atoms with van der Waals surface area (Å²) >= 11 is 3.32. The summed E-state index contributed by atoms with van der Waals surface area (Å²) in [4.78, 5) is 0. The number of aromatic nitrogens is 1. The molecule has 0 spiro atoms. The van der Waals surface area contributed by atoms with Crippen LogP contribution in [0.25, 0.3) is 5.69 Å².